The molecule has 100 valence electrons. The number of hydrogen-bond acceptors (Lipinski definition) is 4. The first-order valence-electron chi connectivity index (χ1n) is 5.62. The van der Waals surface area contributed by atoms with Crippen LogP contribution in [0.2, 0.25) is 5.22 Å². The Hall–Kier alpha value is -2.60. The second-order valence-electron chi connectivity index (χ2n) is 4.09. The number of fused-ring (bicyclic) bond motifs is 1. The van der Waals surface area contributed by atoms with Crippen molar-refractivity contribution in [3.05, 3.63) is 63.2 Å². The summed E-state index contributed by atoms with van der Waals surface area (Å²) >= 11 is 5.63. The van der Waals surface area contributed by atoms with Gasteiger partial charge in [0.1, 0.15) is 0 Å². The molecule has 20 heavy (non-hydrogen) atoms. The Bertz CT molecular complexity index is 834. The standard InChI is InChI=1S/C13H7ClN2O4/c14-11-5-4-10(20-11)13(17)7-6-15-8-2-1-3-9(12(7)8)16(18)19/h1-6,15H. The van der Waals surface area contributed by atoms with Crippen LogP contribution < -0.4 is 0 Å². The van der Waals surface area contributed by atoms with Crippen LogP contribution in [0.3, 0.4) is 0 Å². The summed E-state index contributed by atoms with van der Waals surface area (Å²) in [5.41, 5.74) is 0.559. The minimum atomic E-state index is -0.526. The fourth-order valence-corrected chi connectivity index (χ4v) is 2.21. The fourth-order valence-electron chi connectivity index (χ4n) is 2.07. The molecule has 0 fully saturated rings. The Morgan fingerprint density at radius 2 is 2.10 bits per heavy atom. The summed E-state index contributed by atoms with van der Waals surface area (Å²) in [7, 11) is 0. The summed E-state index contributed by atoms with van der Waals surface area (Å²) in [5.74, 6) is -0.425. The zero-order valence-electron chi connectivity index (χ0n) is 9.92. The van der Waals surface area contributed by atoms with Crippen LogP contribution in [0, 0.1) is 10.1 Å². The molecular weight excluding hydrogens is 284 g/mol. The van der Waals surface area contributed by atoms with Gasteiger partial charge in [-0.3, -0.25) is 14.9 Å². The van der Waals surface area contributed by atoms with Crippen molar-refractivity contribution in [3.8, 4) is 0 Å². The highest BCUT2D eigenvalue weighted by Crippen LogP contribution is 2.30. The van der Waals surface area contributed by atoms with Crippen LogP contribution in [0.4, 0.5) is 5.69 Å². The number of H-pyrrole nitrogens is 1. The first-order valence-corrected chi connectivity index (χ1v) is 6.00. The van der Waals surface area contributed by atoms with Crippen LogP contribution in [0.1, 0.15) is 16.1 Å². The van der Waals surface area contributed by atoms with Crippen molar-refractivity contribution < 1.29 is 14.1 Å². The van der Waals surface area contributed by atoms with E-state index in [9.17, 15) is 14.9 Å². The van der Waals surface area contributed by atoms with E-state index in [1.807, 2.05) is 0 Å². The summed E-state index contributed by atoms with van der Waals surface area (Å²) in [4.78, 5) is 25.7. The lowest BCUT2D eigenvalue weighted by molar-refractivity contribution is -0.383. The Labute approximate surface area is 117 Å². The summed E-state index contributed by atoms with van der Waals surface area (Å²) in [6, 6.07) is 7.43. The number of halogens is 1. The maximum atomic E-state index is 12.3. The third-order valence-electron chi connectivity index (χ3n) is 2.92. The SMILES string of the molecule is O=C(c1ccc(Cl)o1)c1c[nH]c2cccc([N+](=O)[O-])c12. The number of nitrogens with zero attached hydrogens (tertiary/aromatic N) is 1. The van der Waals surface area contributed by atoms with Crippen molar-refractivity contribution in [3.63, 3.8) is 0 Å². The topological polar surface area (TPSA) is 89.1 Å². The fraction of sp³-hybridized carbons (Fsp3) is 0. The van der Waals surface area contributed by atoms with Gasteiger partial charge in [0.15, 0.2) is 11.0 Å². The maximum Gasteiger partial charge on any atom is 0.279 e. The molecule has 0 aliphatic carbocycles. The van der Waals surface area contributed by atoms with E-state index in [0.717, 1.165) is 0 Å². The third kappa shape index (κ3) is 1.86. The van der Waals surface area contributed by atoms with Crippen LogP contribution in [0.25, 0.3) is 10.9 Å². The van der Waals surface area contributed by atoms with E-state index in [1.165, 1.54) is 24.4 Å². The number of non-ortho nitro benzene ring substituents is 1. The van der Waals surface area contributed by atoms with Crippen LogP contribution in [0.15, 0.2) is 40.9 Å². The second kappa shape index (κ2) is 4.50. The number of benzene rings is 1. The number of carbonyl (C=O) groups is 1. The molecule has 6 nitrogen and oxygen atoms in total. The molecule has 0 saturated heterocycles. The predicted octanol–water partition coefficient (Wildman–Crippen LogP) is 3.55. The quantitative estimate of drug-likeness (QED) is 0.454. The number of carbonyl (C=O) groups excluding carboxylic acids is 1. The normalized spacial score (nSPS) is 10.8. The minimum absolute atomic E-state index is 0.0362. The van der Waals surface area contributed by atoms with Crippen molar-refractivity contribution >= 4 is 34.0 Å². The molecule has 0 saturated carbocycles. The highest BCUT2D eigenvalue weighted by molar-refractivity contribution is 6.29. The zero-order chi connectivity index (χ0) is 14.3. The van der Waals surface area contributed by atoms with Gasteiger partial charge in [-0.2, -0.15) is 0 Å². The number of aromatic amines is 1. The third-order valence-corrected chi connectivity index (χ3v) is 3.13. The van der Waals surface area contributed by atoms with Gasteiger partial charge in [0.2, 0.25) is 5.78 Å². The molecule has 3 rings (SSSR count). The minimum Gasteiger partial charge on any atom is -0.441 e. The average molecular weight is 291 g/mol. The number of rotatable bonds is 3. The van der Waals surface area contributed by atoms with Gasteiger partial charge in [-0.25, -0.2) is 0 Å². The number of aromatic nitrogens is 1. The monoisotopic (exact) mass is 290 g/mol. The molecule has 0 amide bonds. The Morgan fingerprint density at radius 1 is 1.30 bits per heavy atom. The van der Waals surface area contributed by atoms with Crippen LogP contribution >= 0.6 is 11.6 Å². The molecule has 0 atom stereocenters. The van der Waals surface area contributed by atoms with Gasteiger partial charge in [0.25, 0.3) is 5.69 Å². The molecule has 0 aliphatic heterocycles. The van der Waals surface area contributed by atoms with Gasteiger partial charge in [0.05, 0.1) is 21.4 Å². The molecule has 0 aliphatic rings. The molecule has 2 heterocycles. The Kier molecular flexibility index (Phi) is 2.80. The van der Waals surface area contributed by atoms with Crippen molar-refractivity contribution in [2.45, 2.75) is 0 Å². The Morgan fingerprint density at radius 3 is 2.75 bits per heavy atom. The molecule has 0 unspecified atom stereocenters. The van der Waals surface area contributed by atoms with Gasteiger partial charge in [-0.15, -0.1) is 0 Å². The molecule has 0 spiro atoms. The first-order chi connectivity index (χ1) is 9.58. The number of furan rings is 1. The maximum absolute atomic E-state index is 12.3. The van der Waals surface area contributed by atoms with Crippen molar-refractivity contribution in [2.75, 3.05) is 0 Å². The lowest BCUT2D eigenvalue weighted by Crippen LogP contribution is -1.99. The first kappa shape index (κ1) is 12.4. The Balaban J connectivity index is 2.22. The average Bonchev–Trinajstić information content (AvgIpc) is 3.03. The van der Waals surface area contributed by atoms with Crippen LogP contribution in [-0.2, 0) is 0 Å². The van der Waals surface area contributed by atoms with Gasteiger partial charge in [-0.05, 0) is 29.8 Å². The molecule has 0 radical (unpaired) electrons. The van der Waals surface area contributed by atoms with E-state index in [4.69, 9.17) is 16.0 Å². The molecular formula is C13H7ClN2O4. The van der Waals surface area contributed by atoms with Crippen LogP contribution in [-0.4, -0.2) is 15.7 Å². The van der Waals surface area contributed by atoms with E-state index in [0.29, 0.717) is 5.52 Å². The summed E-state index contributed by atoms with van der Waals surface area (Å²) in [5, 5.41) is 11.4. The number of ketones is 1. The number of nitrogens with one attached hydrogen (secondary N) is 1. The molecule has 1 aromatic carbocycles. The predicted molar refractivity (Wildman–Crippen MR) is 72.1 cm³/mol. The lowest BCUT2D eigenvalue weighted by Gasteiger charge is -1.97. The van der Waals surface area contributed by atoms with E-state index in [2.05, 4.69) is 4.98 Å². The number of nitro benzene ring substituents is 1. The summed E-state index contributed by atoms with van der Waals surface area (Å²) in [6.45, 7) is 0. The smallest absolute Gasteiger partial charge is 0.279 e. The molecule has 1 N–H and O–H groups in total. The summed E-state index contributed by atoms with van der Waals surface area (Å²) in [6.07, 6.45) is 1.43. The second-order valence-corrected chi connectivity index (χ2v) is 4.46. The lowest BCUT2D eigenvalue weighted by atomic mass is 10.1. The van der Waals surface area contributed by atoms with E-state index in [-0.39, 0.29) is 27.6 Å². The van der Waals surface area contributed by atoms with E-state index >= 15 is 0 Å². The zero-order valence-corrected chi connectivity index (χ0v) is 10.7. The summed E-state index contributed by atoms with van der Waals surface area (Å²) < 4.78 is 5.05. The van der Waals surface area contributed by atoms with Gasteiger partial charge in [0, 0.05) is 12.3 Å². The van der Waals surface area contributed by atoms with E-state index < -0.39 is 10.7 Å². The number of nitro groups is 1. The molecule has 0 bridgehead atoms. The van der Waals surface area contributed by atoms with Crippen molar-refractivity contribution in [2.24, 2.45) is 0 Å². The number of hydrogen-bond donors (Lipinski definition) is 1. The van der Waals surface area contributed by atoms with Crippen molar-refractivity contribution in [1.29, 1.82) is 0 Å². The van der Waals surface area contributed by atoms with Gasteiger partial charge >= 0.3 is 0 Å². The van der Waals surface area contributed by atoms with E-state index in [1.54, 1.807) is 12.1 Å². The van der Waals surface area contributed by atoms with Crippen molar-refractivity contribution in [1.82, 2.24) is 4.98 Å². The van der Waals surface area contributed by atoms with Gasteiger partial charge < -0.3 is 9.40 Å². The highest BCUT2D eigenvalue weighted by Gasteiger charge is 2.23. The van der Waals surface area contributed by atoms with Gasteiger partial charge in [-0.1, -0.05) is 6.07 Å². The molecule has 2 aromatic heterocycles. The van der Waals surface area contributed by atoms with Crippen LogP contribution in [0.5, 0.6) is 0 Å². The molecule has 3 aromatic rings. The highest BCUT2D eigenvalue weighted by atomic mass is 35.5. The largest absolute Gasteiger partial charge is 0.441 e. The molecule has 7 heteroatoms.